The Balaban J connectivity index is 2.13. The second kappa shape index (κ2) is 3.11. The lowest BCUT2D eigenvalue weighted by Gasteiger charge is -2.44. The normalized spacial score (nSPS) is 42.9. The zero-order valence-corrected chi connectivity index (χ0v) is 10.9. The number of aromatic nitrogens is 1. The lowest BCUT2D eigenvalue weighted by molar-refractivity contribution is -0.0987. The summed E-state index contributed by atoms with van der Waals surface area (Å²) in [6.07, 6.45) is 5.01. The molecule has 0 aromatic carbocycles. The molecule has 3 rings (SSSR count). The Bertz CT molecular complexity index is 441. The molecule has 0 spiro atoms. The molecule has 0 radical (unpaired) electrons. The third kappa shape index (κ3) is 1.12. The van der Waals surface area contributed by atoms with Crippen LogP contribution in [0.2, 0.25) is 0 Å². The van der Waals surface area contributed by atoms with Crippen molar-refractivity contribution in [2.45, 2.75) is 45.6 Å². The molecule has 2 fully saturated rings. The van der Waals surface area contributed by atoms with Crippen LogP contribution in [0.3, 0.4) is 0 Å². The molecule has 0 saturated heterocycles. The number of aliphatic hydroxyl groups is 1. The van der Waals surface area contributed by atoms with Crippen molar-refractivity contribution in [3.05, 3.63) is 30.1 Å². The largest absolute Gasteiger partial charge is 0.383 e. The molecule has 0 aliphatic heterocycles. The van der Waals surface area contributed by atoms with Crippen LogP contribution in [0.25, 0.3) is 0 Å². The Kier molecular flexibility index (Phi) is 2.05. The highest BCUT2D eigenvalue weighted by Gasteiger charge is 2.69. The molecule has 1 N–H and O–H groups in total. The maximum atomic E-state index is 11.2. The van der Waals surface area contributed by atoms with Crippen LogP contribution < -0.4 is 0 Å². The standard InChI is InChI=1S/C15H21NO/c1-13(2)11-7-8-14(13,3)15(17,10-11)12-6-4-5-9-16-12/h4-6,9,11,17H,7-8,10H2,1-3H3/t11-,14-,15+/m0/s1. The highest BCUT2D eigenvalue weighted by molar-refractivity contribution is 5.27. The topological polar surface area (TPSA) is 33.1 Å². The fraction of sp³-hybridized carbons (Fsp3) is 0.667. The van der Waals surface area contributed by atoms with Gasteiger partial charge in [-0.1, -0.05) is 26.8 Å². The van der Waals surface area contributed by atoms with E-state index in [1.165, 1.54) is 6.42 Å². The third-order valence-electron chi connectivity index (χ3n) is 5.98. The van der Waals surface area contributed by atoms with Gasteiger partial charge in [-0.3, -0.25) is 4.98 Å². The van der Waals surface area contributed by atoms with Gasteiger partial charge in [-0.25, -0.2) is 0 Å². The molecule has 2 bridgehead atoms. The molecular weight excluding hydrogens is 210 g/mol. The van der Waals surface area contributed by atoms with E-state index in [4.69, 9.17) is 0 Å². The van der Waals surface area contributed by atoms with Crippen molar-refractivity contribution in [2.24, 2.45) is 16.7 Å². The van der Waals surface area contributed by atoms with Crippen LogP contribution in [0.15, 0.2) is 24.4 Å². The summed E-state index contributed by atoms with van der Waals surface area (Å²) in [4.78, 5) is 4.41. The van der Waals surface area contributed by atoms with Crippen molar-refractivity contribution >= 4 is 0 Å². The lowest BCUT2D eigenvalue weighted by Crippen LogP contribution is -2.45. The van der Waals surface area contributed by atoms with E-state index in [0.29, 0.717) is 5.92 Å². The molecule has 2 aliphatic rings. The minimum absolute atomic E-state index is 0.0426. The Morgan fingerprint density at radius 1 is 1.29 bits per heavy atom. The van der Waals surface area contributed by atoms with Gasteiger partial charge < -0.3 is 5.11 Å². The zero-order chi connectivity index (χ0) is 12.3. The molecule has 0 amide bonds. The van der Waals surface area contributed by atoms with Gasteiger partial charge in [0.25, 0.3) is 0 Å². The summed E-state index contributed by atoms with van der Waals surface area (Å²) in [5.74, 6) is 0.625. The minimum Gasteiger partial charge on any atom is -0.383 e. The van der Waals surface area contributed by atoms with Gasteiger partial charge >= 0.3 is 0 Å². The van der Waals surface area contributed by atoms with Crippen LogP contribution >= 0.6 is 0 Å². The number of pyridine rings is 1. The summed E-state index contributed by atoms with van der Waals surface area (Å²) >= 11 is 0. The van der Waals surface area contributed by atoms with Gasteiger partial charge in [-0.05, 0) is 42.7 Å². The van der Waals surface area contributed by atoms with E-state index in [9.17, 15) is 5.11 Å². The molecule has 2 saturated carbocycles. The molecule has 1 heterocycles. The van der Waals surface area contributed by atoms with Crippen molar-refractivity contribution in [3.8, 4) is 0 Å². The van der Waals surface area contributed by atoms with E-state index in [2.05, 4.69) is 25.8 Å². The number of hydrogen-bond donors (Lipinski definition) is 1. The minimum atomic E-state index is -0.735. The molecule has 3 atom stereocenters. The van der Waals surface area contributed by atoms with E-state index in [-0.39, 0.29) is 10.8 Å². The molecule has 0 unspecified atom stereocenters. The molecule has 92 valence electrons. The van der Waals surface area contributed by atoms with E-state index < -0.39 is 5.60 Å². The van der Waals surface area contributed by atoms with Crippen molar-refractivity contribution in [2.75, 3.05) is 0 Å². The first-order valence-corrected chi connectivity index (χ1v) is 6.56. The number of hydrogen-bond acceptors (Lipinski definition) is 2. The Morgan fingerprint density at radius 3 is 2.53 bits per heavy atom. The molecule has 2 aliphatic carbocycles. The van der Waals surface area contributed by atoms with Crippen molar-refractivity contribution in [3.63, 3.8) is 0 Å². The maximum absolute atomic E-state index is 11.2. The van der Waals surface area contributed by atoms with Gasteiger partial charge in [-0.15, -0.1) is 0 Å². The third-order valence-corrected chi connectivity index (χ3v) is 5.98. The summed E-state index contributed by atoms with van der Waals surface area (Å²) in [5, 5.41) is 11.2. The number of nitrogens with zero attached hydrogens (tertiary/aromatic N) is 1. The first-order valence-electron chi connectivity index (χ1n) is 6.56. The Hall–Kier alpha value is -0.890. The highest BCUT2D eigenvalue weighted by atomic mass is 16.3. The van der Waals surface area contributed by atoms with Crippen LogP contribution in [0.4, 0.5) is 0 Å². The van der Waals surface area contributed by atoms with E-state index in [1.807, 2.05) is 18.2 Å². The fourth-order valence-corrected chi connectivity index (χ4v) is 4.27. The van der Waals surface area contributed by atoms with Crippen LogP contribution in [0, 0.1) is 16.7 Å². The number of fused-ring (bicyclic) bond motifs is 2. The van der Waals surface area contributed by atoms with E-state index in [1.54, 1.807) is 6.20 Å². The molecule has 1 aromatic rings. The Labute approximate surface area is 103 Å². The monoisotopic (exact) mass is 231 g/mol. The molecule has 17 heavy (non-hydrogen) atoms. The quantitative estimate of drug-likeness (QED) is 0.805. The van der Waals surface area contributed by atoms with Gasteiger partial charge in [-0.2, -0.15) is 0 Å². The zero-order valence-electron chi connectivity index (χ0n) is 10.9. The van der Waals surface area contributed by atoms with Crippen molar-refractivity contribution in [1.29, 1.82) is 0 Å². The van der Waals surface area contributed by atoms with Crippen LogP contribution in [-0.4, -0.2) is 10.1 Å². The summed E-state index contributed by atoms with van der Waals surface area (Å²) in [6.45, 7) is 6.87. The van der Waals surface area contributed by atoms with E-state index in [0.717, 1.165) is 18.5 Å². The second-order valence-corrected chi connectivity index (χ2v) is 6.57. The predicted octanol–water partition coefficient (Wildman–Crippen LogP) is 3.12. The van der Waals surface area contributed by atoms with Gasteiger partial charge in [0.05, 0.1) is 5.69 Å². The average Bonchev–Trinajstić information content (AvgIpc) is 2.62. The smallest absolute Gasteiger partial charge is 0.113 e. The molecule has 2 nitrogen and oxygen atoms in total. The van der Waals surface area contributed by atoms with Crippen molar-refractivity contribution < 1.29 is 5.11 Å². The van der Waals surface area contributed by atoms with Crippen LogP contribution in [0.5, 0.6) is 0 Å². The van der Waals surface area contributed by atoms with Gasteiger partial charge in [0.2, 0.25) is 0 Å². The first-order chi connectivity index (χ1) is 7.92. The van der Waals surface area contributed by atoms with Crippen molar-refractivity contribution in [1.82, 2.24) is 4.98 Å². The van der Waals surface area contributed by atoms with E-state index >= 15 is 0 Å². The fourth-order valence-electron chi connectivity index (χ4n) is 4.27. The average molecular weight is 231 g/mol. The first kappa shape index (κ1) is 11.2. The van der Waals surface area contributed by atoms with Crippen LogP contribution in [0.1, 0.15) is 45.7 Å². The maximum Gasteiger partial charge on any atom is 0.113 e. The summed E-state index contributed by atoms with van der Waals surface area (Å²) in [5.41, 5.74) is 0.289. The number of rotatable bonds is 1. The lowest BCUT2D eigenvalue weighted by atomic mass is 9.63. The van der Waals surface area contributed by atoms with Gasteiger partial charge in [0.1, 0.15) is 5.60 Å². The highest BCUT2D eigenvalue weighted by Crippen LogP contribution is 2.72. The molecule has 2 heteroatoms. The molecular formula is C15H21NO. The SMILES string of the molecule is CC1(C)[C@H]2CC[C@]1(C)[C@](O)(c1ccccn1)C2. The summed E-state index contributed by atoms with van der Waals surface area (Å²) in [6, 6.07) is 5.86. The van der Waals surface area contributed by atoms with Crippen LogP contribution in [-0.2, 0) is 5.60 Å². The van der Waals surface area contributed by atoms with Gasteiger partial charge in [0, 0.05) is 11.6 Å². The predicted molar refractivity (Wildman–Crippen MR) is 67.4 cm³/mol. The Morgan fingerprint density at radius 2 is 2.06 bits per heavy atom. The summed E-state index contributed by atoms with van der Waals surface area (Å²) < 4.78 is 0. The second-order valence-electron chi connectivity index (χ2n) is 6.57. The summed E-state index contributed by atoms with van der Waals surface area (Å²) in [7, 11) is 0. The van der Waals surface area contributed by atoms with Gasteiger partial charge in [0.15, 0.2) is 0 Å². The molecule has 1 aromatic heterocycles.